The molecule has 3 aromatic rings. The summed E-state index contributed by atoms with van der Waals surface area (Å²) in [6.07, 6.45) is 0. The number of nitrogens with one attached hydrogen (secondary N) is 1. The topological polar surface area (TPSA) is 79.2 Å². The van der Waals surface area contributed by atoms with Crippen molar-refractivity contribution in [3.8, 4) is 5.82 Å². The lowest BCUT2D eigenvalue weighted by Gasteiger charge is -2.35. The van der Waals surface area contributed by atoms with Crippen LogP contribution in [0.25, 0.3) is 5.82 Å². The molecule has 8 heteroatoms. The average molecular weight is 420 g/mol. The molecule has 8 nitrogen and oxygen atoms in total. The number of anilines is 2. The normalized spacial score (nSPS) is 14.1. The number of amides is 2. The van der Waals surface area contributed by atoms with Crippen LogP contribution in [0, 0.1) is 34.6 Å². The van der Waals surface area contributed by atoms with Crippen LogP contribution in [0.3, 0.4) is 0 Å². The summed E-state index contributed by atoms with van der Waals surface area (Å²) in [5.74, 6) is 2.34. The Balaban J connectivity index is 1.44. The standard InChI is InChI=1S/C23H29N7O/c1-15-10-16(2)12-20(11-15)26-23(31)29-8-6-28(7-9-29)21-14-22(25-19(5)24-21)30-18(4)13-17(3)27-30/h10-14H,6-9H2,1-5H3,(H,26,31). The predicted molar refractivity (Wildman–Crippen MR) is 122 cm³/mol. The van der Waals surface area contributed by atoms with Crippen molar-refractivity contribution >= 4 is 17.5 Å². The third-order valence-electron chi connectivity index (χ3n) is 5.40. The summed E-state index contributed by atoms with van der Waals surface area (Å²) in [6.45, 7) is 12.7. The van der Waals surface area contributed by atoms with Crippen LogP contribution in [0.5, 0.6) is 0 Å². The molecule has 31 heavy (non-hydrogen) atoms. The molecule has 1 fully saturated rings. The van der Waals surface area contributed by atoms with Gasteiger partial charge in [0, 0.05) is 43.6 Å². The molecule has 2 aromatic heterocycles. The highest BCUT2D eigenvalue weighted by atomic mass is 16.2. The summed E-state index contributed by atoms with van der Waals surface area (Å²) in [7, 11) is 0. The molecule has 2 amide bonds. The number of carbonyl (C=O) groups excluding carboxylic acids is 1. The van der Waals surface area contributed by atoms with E-state index in [9.17, 15) is 4.79 Å². The van der Waals surface area contributed by atoms with Crippen molar-refractivity contribution in [1.29, 1.82) is 0 Å². The number of aryl methyl sites for hydroxylation is 5. The molecule has 1 N–H and O–H groups in total. The van der Waals surface area contributed by atoms with E-state index in [4.69, 9.17) is 0 Å². The smallest absolute Gasteiger partial charge is 0.321 e. The number of hydrogen-bond donors (Lipinski definition) is 1. The SMILES string of the molecule is Cc1cc(C)cc(NC(=O)N2CCN(c3cc(-n4nc(C)cc4C)nc(C)n3)CC2)c1. The van der Waals surface area contributed by atoms with E-state index in [1.165, 1.54) is 0 Å². The zero-order valence-corrected chi connectivity index (χ0v) is 18.8. The maximum absolute atomic E-state index is 12.7. The van der Waals surface area contributed by atoms with Crippen molar-refractivity contribution in [2.45, 2.75) is 34.6 Å². The van der Waals surface area contributed by atoms with Gasteiger partial charge in [0.2, 0.25) is 0 Å². The lowest BCUT2D eigenvalue weighted by molar-refractivity contribution is 0.208. The number of hydrogen-bond acceptors (Lipinski definition) is 5. The van der Waals surface area contributed by atoms with Crippen molar-refractivity contribution in [3.63, 3.8) is 0 Å². The lowest BCUT2D eigenvalue weighted by atomic mass is 10.1. The third kappa shape index (κ3) is 4.68. The average Bonchev–Trinajstić information content (AvgIpc) is 3.05. The first-order valence-corrected chi connectivity index (χ1v) is 10.6. The van der Waals surface area contributed by atoms with Crippen LogP contribution in [-0.4, -0.2) is 56.9 Å². The van der Waals surface area contributed by atoms with Gasteiger partial charge in [0.15, 0.2) is 5.82 Å². The lowest BCUT2D eigenvalue weighted by Crippen LogP contribution is -2.50. The minimum Gasteiger partial charge on any atom is -0.353 e. The Morgan fingerprint density at radius 1 is 0.839 bits per heavy atom. The third-order valence-corrected chi connectivity index (χ3v) is 5.40. The minimum atomic E-state index is -0.0631. The molecule has 0 bridgehead atoms. The van der Waals surface area contributed by atoms with E-state index in [0.29, 0.717) is 32.0 Å². The molecule has 162 valence electrons. The number of aromatic nitrogens is 4. The quantitative estimate of drug-likeness (QED) is 0.702. The molecule has 1 aliphatic rings. The van der Waals surface area contributed by atoms with Crippen molar-refractivity contribution in [2.24, 2.45) is 0 Å². The van der Waals surface area contributed by atoms with Crippen molar-refractivity contribution in [1.82, 2.24) is 24.6 Å². The Morgan fingerprint density at radius 3 is 2.10 bits per heavy atom. The molecular weight excluding hydrogens is 390 g/mol. The highest BCUT2D eigenvalue weighted by Crippen LogP contribution is 2.20. The highest BCUT2D eigenvalue weighted by Gasteiger charge is 2.23. The zero-order valence-electron chi connectivity index (χ0n) is 18.8. The van der Waals surface area contributed by atoms with E-state index < -0.39 is 0 Å². The molecule has 3 heterocycles. The number of nitrogens with zero attached hydrogens (tertiary/aromatic N) is 6. The Kier molecular flexibility index (Phi) is 5.63. The molecule has 4 rings (SSSR count). The van der Waals surface area contributed by atoms with E-state index in [0.717, 1.165) is 39.8 Å². The van der Waals surface area contributed by atoms with Gasteiger partial charge in [-0.25, -0.2) is 19.4 Å². The van der Waals surface area contributed by atoms with E-state index in [1.54, 1.807) is 0 Å². The number of carbonyl (C=O) groups is 1. The molecule has 0 aliphatic carbocycles. The van der Waals surface area contributed by atoms with Crippen LogP contribution < -0.4 is 10.2 Å². The number of urea groups is 1. The van der Waals surface area contributed by atoms with Crippen LogP contribution in [0.4, 0.5) is 16.3 Å². The molecule has 0 unspecified atom stereocenters. The van der Waals surface area contributed by atoms with E-state index in [2.05, 4.69) is 31.3 Å². The van der Waals surface area contributed by atoms with Crippen molar-refractivity contribution in [2.75, 3.05) is 36.4 Å². The second-order valence-corrected chi connectivity index (χ2v) is 8.25. The minimum absolute atomic E-state index is 0.0631. The fourth-order valence-corrected chi connectivity index (χ4v) is 4.06. The molecule has 0 atom stereocenters. The molecule has 1 aromatic carbocycles. The van der Waals surface area contributed by atoms with Gasteiger partial charge in [-0.15, -0.1) is 0 Å². The summed E-state index contributed by atoms with van der Waals surface area (Å²) < 4.78 is 1.85. The maximum atomic E-state index is 12.7. The fourth-order valence-electron chi connectivity index (χ4n) is 4.06. The van der Waals surface area contributed by atoms with E-state index in [-0.39, 0.29) is 6.03 Å². The van der Waals surface area contributed by atoms with E-state index >= 15 is 0 Å². The van der Waals surface area contributed by atoms with Gasteiger partial charge in [-0.2, -0.15) is 5.10 Å². The van der Waals surface area contributed by atoms with E-state index in [1.807, 2.05) is 68.5 Å². The Labute approximate surface area is 182 Å². The van der Waals surface area contributed by atoms with Gasteiger partial charge in [-0.1, -0.05) is 6.07 Å². The van der Waals surface area contributed by atoms with Gasteiger partial charge >= 0.3 is 6.03 Å². The summed E-state index contributed by atoms with van der Waals surface area (Å²) in [6, 6.07) is 10.0. The largest absolute Gasteiger partial charge is 0.353 e. The predicted octanol–water partition coefficient (Wildman–Crippen LogP) is 3.56. The van der Waals surface area contributed by atoms with Gasteiger partial charge in [0.25, 0.3) is 0 Å². The molecular formula is C23H29N7O. The van der Waals surface area contributed by atoms with Crippen LogP contribution in [0.15, 0.2) is 30.3 Å². The van der Waals surface area contributed by atoms with Crippen LogP contribution in [0.1, 0.15) is 28.3 Å². The van der Waals surface area contributed by atoms with Gasteiger partial charge in [0.1, 0.15) is 11.6 Å². The first kappa shape index (κ1) is 20.8. The first-order valence-electron chi connectivity index (χ1n) is 10.6. The van der Waals surface area contributed by atoms with Gasteiger partial charge in [-0.3, -0.25) is 0 Å². The monoisotopic (exact) mass is 419 g/mol. The van der Waals surface area contributed by atoms with Crippen LogP contribution in [-0.2, 0) is 0 Å². The summed E-state index contributed by atoms with van der Waals surface area (Å²) >= 11 is 0. The van der Waals surface area contributed by atoms with Gasteiger partial charge in [-0.05, 0) is 63.9 Å². The highest BCUT2D eigenvalue weighted by molar-refractivity contribution is 5.89. The molecule has 0 saturated carbocycles. The Bertz CT molecular complexity index is 1090. The summed E-state index contributed by atoms with van der Waals surface area (Å²) in [4.78, 5) is 26.0. The second-order valence-electron chi connectivity index (χ2n) is 8.25. The van der Waals surface area contributed by atoms with Crippen LogP contribution in [0.2, 0.25) is 0 Å². The number of benzene rings is 1. The molecule has 1 saturated heterocycles. The molecule has 0 radical (unpaired) electrons. The molecule has 1 aliphatic heterocycles. The fraction of sp³-hybridized carbons (Fsp3) is 0.391. The Morgan fingerprint density at radius 2 is 1.48 bits per heavy atom. The van der Waals surface area contributed by atoms with Crippen molar-refractivity contribution in [3.05, 3.63) is 58.7 Å². The van der Waals surface area contributed by atoms with Crippen LogP contribution >= 0.6 is 0 Å². The molecule has 0 spiro atoms. The Hall–Kier alpha value is -3.42. The van der Waals surface area contributed by atoms with Gasteiger partial charge < -0.3 is 15.1 Å². The van der Waals surface area contributed by atoms with Crippen molar-refractivity contribution < 1.29 is 4.79 Å². The first-order chi connectivity index (χ1) is 14.8. The zero-order chi connectivity index (χ0) is 22.1. The summed E-state index contributed by atoms with van der Waals surface area (Å²) in [5.41, 5.74) is 5.11. The summed E-state index contributed by atoms with van der Waals surface area (Å²) in [5, 5.41) is 7.57. The second kappa shape index (κ2) is 8.37. The van der Waals surface area contributed by atoms with Gasteiger partial charge in [0.05, 0.1) is 5.69 Å². The number of rotatable bonds is 3. The number of piperazine rings is 1. The maximum Gasteiger partial charge on any atom is 0.321 e.